The number of pyridine rings is 1. The molecule has 10 heteroatoms. The Bertz CT molecular complexity index is 1280. The van der Waals surface area contributed by atoms with Gasteiger partial charge in [-0.15, -0.1) is 0 Å². The fourth-order valence-corrected chi connectivity index (χ4v) is 4.27. The van der Waals surface area contributed by atoms with Gasteiger partial charge in [-0.1, -0.05) is 0 Å². The van der Waals surface area contributed by atoms with Crippen LogP contribution in [-0.2, 0) is 0 Å². The van der Waals surface area contributed by atoms with Gasteiger partial charge in [0.05, 0.1) is 22.4 Å². The summed E-state index contributed by atoms with van der Waals surface area (Å²) in [6.45, 7) is 5.36. The van der Waals surface area contributed by atoms with Gasteiger partial charge in [0.2, 0.25) is 5.88 Å². The van der Waals surface area contributed by atoms with Crippen molar-refractivity contribution in [2.24, 2.45) is 5.73 Å². The number of amides is 1. The number of carbonyl (C=O) groups is 1. The third kappa shape index (κ3) is 3.64. The van der Waals surface area contributed by atoms with Crippen LogP contribution >= 0.6 is 0 Å². The van der Waals surface area contributed by atoms with E-state index in [1.165, 1.54) is 17.6 Å². The number of carbonyl (C=O) groups excluding carboxylic acids is 1. The zero-order valence-electron chi connectivity index (χ0n) is 18.9. The van der Waals surface area contributed by atoms with Crippen LogP contribution in [0.5, 0.6) is 11.6 Å². The fourth-order valence-electron chi connectivity index (χ4n) is 4.27. The van der Waals surface area contributed by atoms with Gasteiger partial charge in [-0.25, -0.2) is 8.78 Å². The molecule has 176 valence electrons. The molecule has 1 amide bonds. The van der Waals surface area contributed by atoms with Crippen LogP contribution in [0.2, 0.25) is 0 Å². The van der Waals surface area contributed by atoms with Crippen molar-refractivity contribution in [3.8, 4) is 17.3 Å². The Labute approximate surface area is 189 Å². The number of likely N-dealkylation sites (N-methyl/N-ethyl adjacent to an activating group) is 1. The summed E-state index contributed by atoms with van der Waals surface area (Å²) < 4.78 is 34.3. The summed E-state index contributed by atoms with van der Waals surface area (Å²) in [4.78, 5) is 16.9. The van der Waals surface area contributed by atoms with Crippen LogP contribution < -0.4 is 21.5 Å². The minimum atomic E-state index is -2.85. The van der Waals surface area contributed by atoms with Gasteiger partial charge < -0.3 is 26.6 Å². The summed E-state index contributed by atoms with van der Waals surface area (Å²) in [6, 6.07) is 2.93. The number of aromatic nitrogens is 2. The largest absolute Gasteiger partial charge is 0.507 e. The molecule has 2 aromatic heterocycles. The molecule has 8 nitrogen and oxygen atoms in total. The summed E-state index contributed by atoms with van der Waals surface area (Å²) in [5, 5.41) is 14.1. The molecule has 1 fully saturated rings. The van der Waals surface area contributed by atoms with Gasteiger partial charge in [0, 0.05) is 16.5 Å². The monoisotopic (exact) mass is 459 g/mol. The van der Waals surface area contributed by atoms with E-state index < -0.39 is 23.6 Å². The maximum atomic E-state index is 13.4. The zero-order chi connectivity index (χ0) is 24.2. The highest BCUT2D eigenvalue weighted by Gasteiger charge is 2.42. The van der Waals surface area contributed by atoms with Crippen LogP contribution in [0.1, 0.15) is 51.9 Å². The number of phenols is 1. The fraction of sp³-hybridized carbons (Fsp3) is 0.391. The Kier molecular flexibility index (Phi) is 5.44. The number of hydrogen-bond acceptors (Lipinski definition) is 6. The molecule has 0 unspecified atom stereocenters. The highest BCUT2D eigenvalue weighted by Crippen LogP contribution is 2.41. The average Bonchev–Trinajstić information content (AvgIpc) is 3.48. The lowest BCUT2D eigenvalue weighted by molar-refractivity contribution is 0.100. The lowest BCUT2D eigenvalue weighted by Crippen LogP contribution is -2.34. The quantitative estimate of drug-likeness (QED) is 0.429. The Morgan fingerprint density at radius 1 is 1.30 bits per heavy atom. The van der Waals surface area contributed by atoms with Crippen molar-refractivity contribution in [2.75, 3.05) is 19.4 Å². The number of aryl methyl sites for hydroxylation is 2. The molecule has 1 aromatic carbocycles. The lowest BCUT2D eigenvalue weighted by Gasteiger charge is -2.19. The molecule has 1 aliphatic carbocycles. The number of nitrogens with one attached hydrogen (secondary N) is 1. The Hall–Kier alpha value is -3.40. The van der Waals surface area contributed by atoms with Gasteiger partial charge in [-0.2, -0.15) is 4.98 Å². The van der Waals surface area contributed by atoms with E-state index in [0.29, 0.717) is 34.7 Å². The van der Waals surface area contributed by atoms with E-state index in [1.54, 1.807) is 19.9 Å². The second kappa shape index (κ2) is 7.87. The van der Waals surface area contributed by atoms with Crippen molar-refractivity contribution in [2.45, 2.75) is 45.6 Å². The number of nitrogens with zero attached hydrogens (tertiary/aromatic N) is 2. The molecule has 0 saturated heterocycles. The van der Waals surface area contributed by atoms with Crippen molar-refractivity contribution >= 4 is 22.8 Å². The number of alkyl halides is 2. The molecule has 6 N–H and O–H groups in total. The number of phenolic OH excluding ortho intramolecular Hbond substituents is 1. The van der Waals surface area contributed by atoms with Crippen LogP contribution in [0.3, 0.4) is 0 Å². The number of hydrogen-bond donors (Lipinski definition) is 4. The van der Waals surface area contributed by atoms with E-state index in [4.69, 9.17) is 16.2 Å². The number of benzene rings is 1. The molecular formula is C23H27F2N5O3. The van der Waals surface area contributed by atoms with Crippen molar-refractivity contribution in [1.29, 1.82) is 0 Å². The number of anilines is 1. The topological polar surface area (TPSA) is 128 Å². The van der Waals surface area contributed by atoms with Gasteiger partial charge in [-0.05, 0) is 58.4 Å². The molecule has 1 aliphatic rings. The first-order valence-electron chi connectivity index (χ1n) is 10.6. The molecule has 0 atom stereocenters. The lowest BCUT2D eigenvalue weighted by atomic mass is 10.0. The first-order chi connectivity index (χ1) is 15.5. The summed E-state index contributed by atoms with van der Waals surface area (Å²) in [7, 11) is 1.88. The third-order valence-corrected chi connectivity index (χ3v) is 6.43. The molecule has 0 spiro atoms. The minimum Gasteiger partial charge on any atom is -0.507 e. The predicted octanol–water partition coefficient (Wildman–Crippen LogP) is 3.41. The second-order valence-corrected chi connectivity index (χ2v) is 8.67. The molecule has 0 aliphatic heterocycles. The number of primary amides is 1. The van der Waals surface area contributed by atoms with Gasteiger partial charge in [0.25, 0.3) is 12.3 Å². The van der Waals surface area contributed by atoms with Crippen molar-refractivity contribution in [1.82, 2.24) is 14.9 Å². The van der Waals surface area contributed by atoms with E-state index in [-0.39, 0.29) is 28.1 Å². The minimum absolute atomic E-state index is 0.00540. The number of nitrogens with two attached hydrogens (primary N) is 2. The highest BCUT2D eigenvalue weighted by molar-refractivity contribution is 6.11. The molecule has 33 heavy (non-hydrogen) atoms. The normalized spacial score (nSPS) is 14.8. The predicted molar refractivity (Wildman–Crippen MR) is 121 cm³/mol. The van der Waals surface area contributed by atoms with E-state index in [2.05, 4.69) is 10.3 Å². The number of aromatic hydroxyl groups is 1. The average molecular weight is 459 g/mol. The number of fused-ring (bicyclic) bond motifs is 1. The number of nitrogen functional groups attached to an aromatic ring is 1. The van der Waals surface area contributed by atoms with Gasteiger partial charge >= 0.3 is 0 Å². The maximum absolute atomic E-state index is 13.4. The molecule has 0 radical (unpaired) electrons. The molecule has 1 saturated carbocycles. The third-order valence-electron chi connectivity index (χ3n) is 6.43. The number of ether oxygens (including phenoxy) is 1. The van der Waals surface area contributed by atoms with Gasteiger partial charge in [0.1, 0.15) is 18.2 Å². The Balaban J connectivity index is 1.96. The van der Waals surface area contributed by atoms with Crippen LogP contribution in [0.15, 0.2) is 12.1 Å². The van der Waals surface area contributed by atoms with E-state index in [9.17, 15) is 18.7 Å². The summed E-state index contributed by atoms with van der Waals surface area (Å²) in [5.74, 6) is -0.920. The molecule has 0 bridgehead atoms. The van der Waals surface area contributed by atoms with Crippen LogP contribution in [0.4, 0.5) is 14.6 Å². The van der Waals surface area contributed by atoms with Crippen LogP contribution in [0.25, 0.3) is 16.7 Å². The standard InChI is InChI=1S/C23H27F2N5O3/c1-10-7-14(18(24)25)17(31)12(3)16(10)30-19(26)15(20(27)32)13-8-11(2)22(29-21(13)30)33-9-23(28-4)5-6-23/h7-8,18,28,31H,5-6,9,26H2,1-4H3,(H2,27,32). The highest BCUT2D eigenvalue weighted by atomic mass is 19.3. The molecular weight excluding hydrogens is 432 g/mol. The van der Waals surface area contributed by atoms with Gasteiger partial charge in [0.15, 0.2) is 5.65 Å². The SMILES string of the molecule is CNC1(COc2nc3c(cc2C)c(C(N)=O)c(N)n3-c2c(C)cc(C(F)F)c(O)c2C)CC1. The maximum Gasteiger partial charge on any atom is 0.267 e. The van der Waals surface area contributed by atoms with Crippen molar-refractivity contribution in [3.63, 3.8) is 0 Å². The zero-order valence-corrected chi connectivity index (χ0v) is 18.9. The van der Waals surface area contributed by atoms with E-state index in [0.717, 1.165) is 12.8 Å². The van der Waals surface area contributed by atoms with E-state index >= 15 is 0 Å². The molecule has 3 aromatic rings. The first-order valence-corrected chi connectivity index (χ1v) is 10.6. The van der Waals surface area contributed by atoms with Crippen molar-refractivity contribution < 1.29 is 23.4 Å². The molecule has 4 rings (SSSR count). The smallest absolute Gasteiger partial charge is 0.267 e. The summed E-state index contributed by atoms with van der Waals surface area (Å²) >= 11 is 0. The second-order valence-electron chi connectivity index (χ2n) is 8.67. The van der Waals surface area contributed by atoms with E-state index in [1.807, 2.05) is 7.05 Å². The number of halogens is 2. The first kappa shape index (κ1) is 22.8. The van der Waals surface area contributed by atoms with Crippen molar-refractivity contribution in [3.05, 3.63) is 39.9 Å². The molecule has 2 heterocycles. The van der Waals surface area contributed by atoms with Crippen LogP contribution in [-0.4, -0.2) is 39.8 Å². The Morgan fingerprint density at radius 3 is 2.52 bits per heavy atom. The van der Waals surface area contributed by atoms with Crippen LogP contribution in [0, 0.1) is 20.8 Å². The summed E-state index contributed by atoms with van der Waals surface area (Å²) in [6.07, 6.45) is -0.860. The Morgan fingerprint density at radius 2 is 1.97 bits per heavy atom. The number of rotatable bonds is 7. The van der Waals surface area contributed by atoms with Gasteiger partial charge in [-0.3, -0.25) is 9.36 Å². The summed E-state index contributed by atoms with van der Waals surface area (Å²) in [5.41, 5.74) is 13.4.